The van der Waals surface area contributed by atoms with E-state index in [1.807, 2.05) is 0 Å². The van der Waals surface area contributed by atoms with Crippen LogP contribution in [0.5, 0.6) is 0 Å². The number of piperidine rings is 2. The standard InChI is InChI=1S/C47H63N6.BrH/c1-34-13-12-19-46(48-34)51(42-29-36-14-6-7-15-37(36)30-42)26-23-41-33-40(22-25-50(41)3)45-20-21-47(49-35(45)2)52(27-24-44-18-10-11-28-53(44,4)5)43-31-38-16-8-9-17-39(38)32-43;/h6-9,12-17,19-21,40-44H,10-11,18,22-33H2,1-5H3;1H/q+1;. The third kappa shape index (κ3) is 8.44. The van der Waals surface area contributed by atoms with Crippen molar-refractivity contribution in [3.8, 4) is 0 Å². The average molecular weight is 793 g/mol. The number of nitrogens with zero attached hydrogens (tertiary/aromatic N) is 5. The van der Waals surface area contributed by atoms with Gasteiger partial charge in [0.15, 0.2) is 0 Å². The molecule has 0 saturated carbocycles. The van der Waals surface area contributed by atoms with E-state index in [1.54, 1.807) is 4.90 Å². The molecule has 54 heavy (non-hydrogen) atoms. The van der Waals surface area contributed by atoms with Crippen LogP contribution in [0.15, 0.2) is 78.9 Å². The monoisotopic (exact) mass is 791 g/mol. The minimum atomic E-state index is 0. The largest absolute Gasteiger partial charge is 1.00 e. The quantitative estimate of drug-likeness (QED) is 0.234. The van der Waals surface area contributed by atoms with Gasteiger partial charge in [-0.3, -0.25) is 0 Å². The summed E-state index contributed by atoms with van der Waals surface area (Å²) in [5.74, 6) is 2.90. The van der Waals surface area contributed by atoms with Crippen molar-refractivity contribution in [2.45, 2.75) is 115 Å². The van der Waals surface area contributed by atoms with Crippen LogP contribution in [0.1, 0.15) is 90.1 Å². The fourth-order valence-electron chi connectivity index (χ4n) is 10.7. The Morgan fingerprint density at radius 2 is 1.28 bits per heavy atom. The van der Waals surface area contributed by atoms with Gasteiger partial charge in [-0.2, -0.15) is 0 Å². The molecule has 2 fully saturated rings. The molecule has 8 rings (SSSR count). The van der Waals surface area contributed by atoms with Gasteiger partial charge >= 0.3 is 0 Å². The third-order valence-electron chi connectivity index (χ3n) is 14.0. The number of quaternary nitrogens is 2. The van der Waals surface area contributed by atoms with E-state index in [2.05, 4.69) is 124 Å². The Labute approximate surface area is 336 Å². The Morgan fingerprint density at radius 1 is 0.685 bits per heavy atom. The number of nitrogens with one attached hydrogen (secondary N) is 1. The molecule has 0 radical (unpaired) electrons. The van der Waals surface area contributed by atoms with Crippen molar-refractivity contribution in [3.63, 3.8) is 0 Å². The average Bonchev–Trinajstić information content (AvgIpc) is 3.78. The number of pyridine rings is 2. The molecule has 2 aliphatic carbocycles. The summed E-state index contributed by atoms with van der Waals surface area (Å²) in [6, 6.07) is 31.9. The summed E-state index contributed by atoms with van der Waals surface area (Å²) in [4.78, 5) is 17.6. The first kappa shape index (κ1) is 39.0. The van der Waals surface area contributed by atoms with Crippen LogP contribution in [0, 0.1) is 13.8 Å². The van der Waals surface area contributed by atoms with E-state index >= 15 is 0 Å². The lowest BCUT2D eigenvalue weighted by atomic mass is 9.83. The zero-order chi connectivity index (χ0) is 36.5. The molecule has 6 nitrogen and oxygen atoms in total. The molecule has 1 N–H and O–H groups in total. The van der Waals surface area contributed by atoms with Crippen molar-refractivity contribution in [2.24, 2.45) is 0 Å². The van der Waals surface area contributed by atoms with Crippen LogP contribution in [0.4, 0.5) is 11.6 Å². The van der Waals surface area contributed by atoms with E-state index in [9.17, 15) is 0 Å². The van der Waals surface area contributed by atoms with Crippen molar-refractivity contribution in [1.82, 2.24) is 9.97 Å². The van der Waals surface area contributed by atoms with Gasteiger partial charge in [-0.1, -0.05) is 60.7 Å². The first-order chi connectivity index (χ1) is 25.7. The predicted molar refractivity (Wildman–Crippen MR) is 219 cm³/mol. The summed E-state index contributed by atoms with van der Waals surface area (Å²) in [7, 11) is 7.34. The van der Waals surface area contributed by atoms with Gasteiger partial charge in [0.25, 0.3) is 0 Å². The molecular weight excluding hydrogens is 728 g/mol. The van der Waals surface area contributed by atoms with Crippen LogP contribution in [0.25, 0.3) is 0 Å². The number of halogens is 1. The van der Waals surface area contributed by atoms with Gasteiger partial charge in [-0.25, -0.2) is 9.97 Å². The Hall–Kier alpha value is -3.26. The van der Waals surface area contributed by atoms with Crippen molar-refractivity contribution in [3.05, 3.63) is 118 Å². The number of aromatic nitrogens is 2. The molecule has 0 bridgehead atoms. The maximum absolute atomic E-state index is 5.49. The molecule has 4 heterocycles. The predicted octanol–water partition coefficient (Wildman–Crippen LogP) is 3.92. The van der Waals surface area contributed by atoms with Crippen molar-refractivity contribution >= 4 is 11.6 Å². The maximum atomic E-state index is 5.49. The first-order valence-corrected chi connectivity index (χ1v) is 20.9. The zero-order valence-electron chi connectivity index (χ0n) is 33.6. The number of anilines is 2. The van der Waals surface area contributed by atoms with Crippen LogP contribution in [-0.4, -0.2) is 85.9 Å². The molecule has 4 aliphatic rings. The fraction of sp³-hybridized carbons (Fsp3) is 0.532. The molecule has 4 atom stereocenters. The van der Waals surface area contributed by atoms with Gasteiger partial charge in [-0.05, 0) is 111 Å². The zero-order valence-corrected chi connectivity index (χ0v) is 35.2. The summed E-state index contributed by atoms with van der Waals surface area (Å²) in [5.41, 5.74) is 9.90. The molecule has 2 aromatic carbocycles. The van der Waals surface area contributed by atoms with E-state index < -0.39 is 0 Å². The molecule has 288 valence electrons. The molecule has 4 unspecified atom stereocenters. The topological polar surface area (TPSA) is 36.7 Å². The van der Waals surface area contributed by atoms with E-state index in [1.165, 1.54) is 97.4 Å². The minimum Gasteiger partial charge on any atom is -1.00 e. The normalized spacial score (nSPS) is 23.7. The van der Waals surface area contributed by atoms with Gasteiger partial charge in [-0.15, -0.1) is 0 Å². The number of benzene rings is 2. The highest BCUT2D eigenvalue weighted by molar-refractivity contribution is 5.48. The summed E-state index contributed by atoms with van der Waals surface area (Å²) >= 11 is 0. The second-order valence-corrected chi connectivity index (χ2v) is 17.8. The van der Waals surface area contributed by atoms with Crippen molar-refractivity contribution < 1.29 is 26.4 Å². The molecule has 2 saturated heterocycles. The molecule has 0 amide bonds. The second-order valence-electron chi connectivity index (χ2n) is 17.8. The fourth-order valence-corrected chi connectivity index (χ4v) is 10.7. The number of likely N-dealkylation sites (tertiary alicyclic amines) is 2. The summed E-state index contributed by atoms with van der Waals surface area (Å²) in [6.07, 6.45) is 13.5. The molecule has 4 aromatic rings. The van der Waals surface area contributed by atoms with Crippen molar-refractivity contribution in [2.75, 3.05) is 57.1 Å². The van der Waals surface area contributed by atoms with E-state index in [0.29, 0.717) is 24.0 Å². The Balaban J connectivity index is 0.00000450. The van der Waals surface area contributed by atoms with E-state index in [4.69, 9.17) is 9.97 Å². The first-order valence-electron chi connectivity index (χ1n) is 20.9. The van der Waals surface area contributed by atoms with Crippen molar-refractivity contribution in [1.29, 1.82) is 0 Å². The van der Waals surface area contributed by atoms with Crippen LogP contribution >= 0.6 is 0 Å². The highest BCUT2D eigenvalue weighted by Gasteiger charge is 2.36. The van der Waals surface area contributed by atoms with Crippen LogP contribution in [-0.2, 0) is 25.7 Å². The molecule has 0 spiro atoms. The van der Waals surface area contributed by atoms with Gasteiger partial charge in [0.2, 0.25) is 0 Å². The molecular formula is C47H64BrN6+. The highest BCUT2D eigenvalue weighted by atomic mass is 79.9. The molecule has 7 heteroatoms. The number of hydrogen-bond acceptors (Lipinski definition) is 4. The smallest absolute Gasteiger partial charge is 0.129 e. The van der Waals surface area contributed by atoms with Gasteiger partial charge in [0.05, 0.1) is 46.3 Å². The lowest BCUT2D eigenvalue weighted by molar-refractivity contribution is -0.920. The van der Waals surface area contributed by atoms with Gasteiger partial charge < -0.3 is 36.2 Å². The lowest BCUT2D eigenvalue weighted by Gasteiger charge is -2.43. The SMILES string of the molecule is Cc1cccc(N(CCC2CC(c3ccc(N(CCC4CCCC[N+]4(C)C)C4Cc5ccccc5C4)nc3C)CC[NH+]2C)C2Cc3ccccc3C2)n1.[Br-]. The maximum Gasteiger partial charge on any atom is 0.129 e. The van der Waals surface area contributed by atoms with Crippen LogP contribution in [0.3, 0.4) is 0 Å². The number of hydrogen-bond donors (Lipinski definition) is 1. The Bertz CT molecular complexity index is 1820. The second kappa shape index (κ2) is 16.9. The summed E-state index contributed by atoms with van der Waals surface area (Å²) < 4.78 is 1.16. The van der Waals surface area contributed by atoms with E-state index in [0.717, 1.165) is 60.8 Å². The van der Waals surface area contributed by atoms with Crippen LogP contribution < -0.4 is 31.7 Å². The summed E-state index contributed by atoms with van der Waals surface area (Å²) in [6.45, 7) is 9.09. The van der Waals surface area contributed by atoms with Gasteiger partial charge in [0.1, 0.15) is 11.6 Å². The minimum absolute atomic E-state index is 0. The number of fused-ring (bicyclic) bond motifs is 2. The summed E-state index contributed by atoms with van der Waals surface area (Å²) in [5, 5.41) is 0. The Morgan fingerprint density at radius 3 is 1.85 bits per heavy atom. The lowest BCUT2D eigenvalue weighted by Crippen LogP contribution is -3.14. The van der Waals surface area contributed by atoms with Crippen LogP contribution in [0.2, 0.25) is 0 Å². The van der Waals surface area contributed by atoms with E-state index in [-0.39, 0.29) is 17.0 Å². The number of aryl methyl sites for hydroxylation is 2. The highest BCUT2D eigenvalue weighted by Crippen LogP contribution is 2.35. The van der Waals surface area contributed by atoms with Gasteiger partial charge in [0, 0.05) is 62.2 Å². The number of rotatable bonds is 11. The third-order valence-corrected chi connectivity index (χ3v) is 14.0. The Kier molecular flexibility index (Phi) is 12.2. The molecule has 2 aliphatic heterocycles. The molecule has 2 aromatic heterocycles.